The van der Waals surface area contributed by atoms with Gasteiger partial charge in [-0.1, -0.05) is 0 Å². The molecule has 4 heterocycles. The fourth-order valence-electron chi connectivity index (χ4n) is 4.23. The van der Waals surface area contributed by atoms with Crippen LogP contribution in [0.4, 0.5) is 36.3 Å². The lowest BCUT2D eigenvalue weighted by Gasteiger charge is -2.28. The van der Waals surface area contributed by atoms with Crippen molar-refractivity contribution in [2.24, 2.45) is 0 Å². The van der Waals surface area contributed by atoms with Gasteiger partial charge < -0.3 is 26.0 Å². The van der Waals surface area contributed by atoms with E-state index in [0.29, 0.717) is 16.9 Å². The van der Waals surface area contributed by atoms with Gasteiger partial charge in [-0.05, 0) is 54.6 Å². The lowest BCUT2D eigenvalue weighted by atomic mass is 10.1. The van der Waals surface area contributed by atoms with Gasteiger partial charge in [0.05, 0.1) is 16.8 Å². The maximum absolute atomic E-state index is 13.3. The monoisotopic (exact) mass is 563 g/mol. The molecule has 13 heteroatoms. The van der Waals surface area contributed by atoms with Crippen molar-refractivity contribution in [2.75, 3.05) is 41.7 Å². The summed E-state index contributed by atoms with van der Waals surface area (Å²) in [4.78, 5) is 39.3. The van der Waals surface area contributed by atoms with E-state index in [-0.39, 0.29) is 22.8 Å². The first kappa shape index (κ1) is 27.5. The normalized spacial score (nSPS) is 13.5. The number of anilines is 4. The Balaban J connectivity index is 1.49. The lowest BCUT2D eigenvalue weighted by molar-refractivity contribution is -0.137. The number of amides is 1. The highest BCUT2D eigenvalue weighted by atomic mass is 19.4. The van der Waals surface area contributed by atoms with E-state index < -0.39 is 23.6 Å². The number of hydrogen-bond acceptors (Lipinski definition) is 8. The summed E-state index contributed by atoms with van der Waals surface area (Å²) in [5, 5.41) is 18.0. The highest BCUT2D eigenvalue weighted by molar-refractivity contribution is 6.05. The minimum absolute atomic E-state index is 0.0331. The van der Waals surface area contributed by atoms with Gasteiger partial charge in [0.2, 0.25) is 0 Å². The smallest absolute Gasteiger partial charge is 0.416 e. The largest absolute Gasteiger partial charge is 0.478 e. The number of aromatic carboxylic acids is 1. The number of halogens is 3. The summed E-state index contributed by atoms with van der Waals surface area (Å²) in [5.74, 6) is -0.827. The average Bonchev–Trinajstić information content (AvgIpc) is 2.97. The zero-order chi connectivity index (χ0) is 29.0. The van der Waals surface area contributed by atoms with Gasteiger partial charge in [-0.3, -0.25) is 4.79 Å². The number of benzene rings is 1. The fourth-order valence-corrected chi connectivity index (χ4v) is 4.23. The van der Waals surface area contributed by atoms with Crippen molar-refractivity contribution >= 4 is 35.0 Å². The molecular formula is C28H24F3N7O3. The molecule has 0 aliphatic carbocycles. The lowest BCUT2D eigenvalue weighted by Crippen LogP contribution is -2.43. The first-order valence-corrected chi connectivity index (χ1v) is 12.5. The second-order valence-electron chi connectivity index (χ2n) is 9.16. The maximum Gasteiger partial charge on any atom is 0.416 e. The quantitative estimate of drug-likeness (QED) is 0.253. The minimum Gasteiger partial charge on any atom is -0.478 e. The molecule has 0 spiro atoms. The molecular weight excluding hydrogens is 539 g/mol. The summed E-state index contributed by atoms with van der Waals surface area (Å²) in [6.07, 6.45) is -1.87. The first-order valence-electron chi connectivity index (χ1n) is 12.5. The van der Waals surface area contributed by atoms with E-state index in [1.165, 1.54) is 30.3 Å². The van der Waals surface area contributed by atoms with Crippen molar-refractivity contribution in [2.45, 2.75) is 6.18 Å². The third kappa shape index (κ3) is 6.76. The SMILES string of the molecule is O=C(O)c1ccc(C(=O)Nc2cc(Nc3cc(C(F)(F)F)ccn3)nc(-c3ccnc(N4CCNCC4)c3)c2)cc1. The van der Waals surface area contributed by atoms with Crippen molar-refractivity contribution in [3.05, 3.63) is 89.7 Å². The molecule has 0 saturated carbocycles. The summed E-state index contributed by atoms with van der Waals surface area (Å²) in [6.45, 7) is 3.18. The number of carboxylic acid groups (broad SMARTS) is 1. The molecule has 41 heavy (non-hydrogen) atoms. The predicted molar refractivity (Wildman–Crippen MR) is 146 cm³/mol. The number of nitrogens with zero attached hydrogens (tertiary/aromatic N) is 4. The van der Waals surface area contributed by atoms with Gasteiger partial charge in [0.15, 0.2) is 0 Å². The maximum atomic E-state index is 13.3. The van der Waals surface area contributed by atoms with Gasteiger partial charge in [0.25, 0.3) is 5.91 Å². The molecule has 1 aliphatic heterocycles. The Morgan fingerprint density at radius 2 is 1.59 bits per heavy atom. The van der Waals surface area contributed by atoms with E-state index in [0.717, 1.165) is 50.3 Å². The Labute approximate surface area is 232 Å². The van der Waals surface area contributed by atoms with Crippen molar-refractivity contribution in [1.29, 1.82) is 0 Å². The number of alkyl halides is 3. The van der Waals surface area contributed by atoms with E-state index in [1.54, 1.807) is 18.3 Å². The number of pyridine rings is 3. The van der Waals surface area contributed by atoms with Crippen LogP contribution in [0, 0.1) is 0 Å². The van der Waals surface area contributed by atoms with Gasteiger partial charge in [0, 0.05) is 61.5 Å². The zero-order valence-corrected chi connectivity index (χ0v) is 21.4. The van der Waals surface area contributed by atoms with E-state index in [1.807, 2.05) is 6.07 Å². The highest BCUT2D eigenvalue weighted by Gasteiger charge is 2.30. The molecule has 4 N–H and O–H groups in total. The molecule has 1 aromatic carbocycles. The van der Waals surface area contributed by atoms with Crippen molar-refractivity contribution in [3.63, 3.8) is 0 Å². The summed E-state index contributed by atoms with van der Waals surface area (Å²) >= 11 is 0. The first-order chi connectivity index (χ1) is 19.7. The van der Waals surface area contributed by atoms with Crippen molar-refractivity contribution in [3.8, 4) is 11.3 Å². The van der Waals surface area contributed by atoms with Crippen LogP contribution in [-0.4, -0.2) is 58.1 Å². The Kier molecular flexibility index (Phi) is 7.79. The van der Waals surface area contributed by atoms with Crippen LogP contribution in [-0.2, 0) is 6.18 Å². The Hall–Kier alpha value is -5.04. The fraction of sp³-hybridized carbons (Fsp3) is 0.179. The van der Waals surface area contributed by atoms with Gasteiger partial charge >= 0.3 is 12.1 Å². The molecule has 0 bridgehead atoms. The third-order valence-corrected chi connectivity index (χ3v) is 6.30. The van der Waals surface area contributed by atoms with Crippen LogP contribution in [0.15, 0.2) is 73.1 Å². The van der Waals surface area contributed by atoms with Crippen LogP contribution in [0.5, 0.6) is 0 Å². The molecule has 0 unspecified atom stereocenters. The second kappa shape index (κ2) is 11.6. The summed E-state index contributed by atoms with van der Waals surface area (Å²) in [5.41, 5.74) is 0.780. The molecule has 1 amide bonds. The highest BCUT2D eigenvalue weighted by Crippen LogP contribution is 2.32. The van der Waals surface area contributed by atoms with E-state index in [9.17, 15) is 22.8 Å². The van der Waals surface area contributed by atoms with E-state index >= 15 is 0 Å². The number of carbonyl (C=O) groups excluding carboxylic acids is 1. The topological polar surface area (TPSA) is 132 Å². The average molecular weight is 564 g/mol. The zero-order valence-electron chi connectivity index (χ0n) is 21.4. The Morgan fingerprint density at radius 3 is 2.29 bits per heavy atom. The third-order valence-electron chi connectivity index (χ3n) is 6.30. The predicted octanol–water partition coefficient (Wildman–Crippen LogP) is 4.66. The van der Waals surface area contributed by atoms with Crippen LogP contribution in [0.25, 0.3) is 11.3 Å². The van der Waals surface area contributed by atoms with E-state index in [2.05, 4.69) is 35.8 Å². The Bertz CT molecular complexity index is 1570. The van der Waals surface area contributed by atoms with E-state index in [4.69, 9.17) is 5.11 Å². The second-order valence-corrected chi connectivity index (χ2v) is 9.16. The molecule has 4 aromatic rings. The molecule has 1 fully saturated rings. The van der Waals surface area contributed by atoms with Gasteiger partial charge in [-0.15, -0.1) is 0 Å². The number of carbonyl (C=O) groups is 2. The number of rotatable bonds is 7. The van der Waals surface area contributed by atoms with Crippen molar-refractivity contribution in [1.82, 2.24) is 20.3 Å². The van der Waals surface area contributed by atoms with Gasteiger partial charge in [-0.25, -0.2) is 19.7 Å². The number of aromatic nitrogens is 3. The summed E-state index contributed by atoms with van der Waals surface area (Å²) < 4.78 is 39.8. The number of hydrogen-bond donors (Lipinski definition) is 4. The van der Waals surface area contributed by atoms with Crippen LogP contribution < -0.4 is 20.9 Å². The number of nitrogens with one attached hydrogen (secondary N) is 3. The molecule has 210 valence electrons. The van der Waals surface area contributed by atoms with Gasteiger partial charge in [-0.2, -0.15) is 13.2 Å². The molecule has 5 rings (SSSR count). The van der Waals surface area contributed by atoms with Crippen LogP contribution >= 0.6 is 0 Å². The number of piperazine rings is 1. The van der Waals surface area contributed by atoms with Crippen molar-refractivity contribution < 1.29 is 27.9 Å². The van der Waals surface area contributed by atoms with Gasteiger partial charge in [0.1, 0.15) is 17.5 Å². The molecule has 3 aromatic heterocycles. The molecule has 0 atom stereocenters. The molecule has 1 saturated heterocycles. The molecule has 10 nitrogen and oxygen atoms in total. The molecule has 1 aliphatic rings. The van der Waals surface area contributed by atoms with Crippen LogP contribution in [0.2, 0.25) is 0 Å². The Morgan fingerprint density at radius 1 is 0.878 bits per heavy atom. The number of carboxylic acids is 1. The summed E-state index contributed by atoms with van der Waals surface area (Å²) in [6, 6.07) is 13.8. The van der Waals surface area contributed by atoms with Crippen LogP contribution in [0.3, 0.4) is 0 Å². The minimum atomic E-state index is -4.55. The van der Waals surface area contributed by atoms with Crippen LogP contribution in [0.1, 0.15) is 26.3 Å². The standard InChI is InChI=1S/C28H24F3N7O3/c29-28(30,31)20-6-8-33-23(14-20)37-24-16-21(35-26(39)17-1-3-18(4-2-17)27(40)41)15-22(36-24)19-5-7-34-25(13-19)38-11-9-32-10-12-38/h1-8,13-16,32H,9-12H2,(H,40,41)(H2,33,35,36,37,39). The molecule has 0 radical (unpaired) electrons. The summed E-state index contributed by atoms with van der Waals surface area (Å²) in [7, 11) is 0.